The van der Waals surface area contributed by atoms with Crippen LogP contribution >= 0.6 is 0 Å². The van der Waals surface area contributed by atoms with Gasteiger partial charge in [-0.25, -0.2) is 9.59 Å². The molecule has 1 amide bonds. The molecule has 0 aliphatic heterocycles. The lowest BCUT2D eigenvalue weighted by molar-refractivity contribution is -0.119. The fourth-order valence-corrected chi connectivity index (χ4v) is 2.18. The quantitative estimate of drug-likeness (QED) is 0.817. The minimum absolute atomic E-state index is 0.231. The summed E-state index contributed by atoms with van der Waals surface area (Å²) in [5, 5.41) is 2.55. The van der Waals surface area contributed by atoms with Crippen molar-refractivity contribution in [2.45, 2.75) is 13.8 Å². The predicted octanol–water partition coefficient (Wildman–Crippen LogP) is 2.97. The Morgan fingerprint density at radius 2 is 1.48 bits per heavy atom. The van der Waals surface area contributed by atoms with Crippen LogP contribution in [0.15, 0.2) is 48.5 Å². The van der Waals surface area contributed by atoms with E-state index in [9.17, 15) is 14.4 Å². The summed E-state index contributed by atoms with van der Waals surface area (Å²) in [5.74, 6) is -1.65. The standard InChI is InChI=1S/C19H19NO5/c1-3-24-19(23)15-10-6-7-11-16(15)20-17(21)12-25-18(22)14-9-5-4-8-13(14)2/h4-11H,3,12H2,1-2H3,(H,20,21). The van der Waals surface area contributed by atoms with Gasteiger partial charge < -0.3 is 14.8 Å². The number of para-hydroxylation sites is 1. The predicted molar refractivity (Wildman–Crippen MR) is 92.5 cm³/mol. The lowest BCUT2D eigenvalue weighted by Gasteiger charge is -2.11. The molecule has 0 saturated heterocycles. The van der Waals surface area contributed by atoms with E-state index < -0.39 is 24.5 Å². The minimum atomic E-state index is -0.577. The minimum Gasteiger partial charge on any atom is -0.462 e. The van der Waals surface area contributed by atoms with Crippen molar-refractivity contribution in [2.75, 3.05) is 18.5 Å². The summed E-state index contributed by atoms with van der Waals surface area (Å²) in [5.41, 5.74) is 1.71. The first kappa shape index (κ1) is 18.2. The van der Waals surface area contributed by atoms with Crippen LogP contribution < -0.4 is 5.32 Å². The van der Waals surface area contributed by atoms with Crippen LogP contribution in [0.4, 0.5) is 5.69 Å². The summed E-state index contributed by atoms with van der Waals surface area (Å²) in [7, 11) is 0. The molecule has 0 fully saturated rings. The molecule has 0 aromatic heterocycles. The molecule has 6 nitrogen and oxygen atoms in total. The summed E-state index contributed by atoms with van der Waals surface area (Å²) in [6, 6.07) is 13.4. The molecular formula is C19H19NO5. The fraction of sp³-hybridized carbons (Fsp3) is 0.211. The zero-order valence-corrected chi connectivity index (χ0v) is 14.1. The molecule has 2 aromatic carbocycles. The van der Waals surface area contributed by atoms with Crippen molar-refractivity contribution in [3.63, 3.8) is 0 Å². The van der Waals surface area contributed by atoms with Gasteiger partial charge in [-0.15, -0.1) is 0 Å². The van der Waals surface area contributed by atoms with E-state index in [0.29, 0.717) is 11.3 Å². The maximum Gasteiger partial charge on any atom is 0.340 e. The summed E-state index contributed by atoms with van der Waals surface area (Å²) >= 11 is 0. The van der Waals surface area contributed by atoms with E-state index in [2.05, 4.69) is 5.32 Å². The molecule has 0 unspecified atom stereocenters. The number of benzene rings is 2. The lowest BCUT2D eigenvalue weighted by atomic mass is 10.1. The number of aryl methyl sites for hydroxylation is 1. The first-order chi connectivity index (χ1) is 12.0. The summed E-state index contributed by atoms with van der Waals surface area (Å²) in [6.07, 6.45) is 0. The van der Waals surface area contributed by atoms with Gasteiger partial charge >= 0.3 is 11.9 Å². The molecule has 1 N–H and O–H groups in total. The Kier molecular flexibility index (Phi) is 6.28. The number of carbonyl (C=O) groups excluding carboxylic acids is 3. The molecule has 0 atom stereocenters. The number of rotatable bonds is 6. The topological polar surface area (TPSA) is 81.7 Å². The Balaban J connectivity index is 1.98. The molecule has 0 saturated carbocycles. The number of hydrogen-bond donors (Lipinski definition) is 1. The Morgan fingerprint density at radius 1 is 0.880 bits per heavy atom. The van der Waals surface area contributed by atoms with E-state index in [4.69, 9.17) is 9.47 Å². The third-order valence-corrected chi connectivity index (χ3v) is 3.40. The molecule has 2 rings (SSSR count). The molecule has 0 aliphatic rings. The van der Waals surface area contributed by atoms with Gasteiger partial charge in [-0.05, 0) is 37.6 Å². The smallest absolute Gasteiger partial charge is 0.340 e. The number of hydrogen-bond acceptors (Lipinski definition) is 5. The number of nitrogens with one attached hydrogen (secondary N) is 1. The van der Waals surface area contributed by atoms with Gasteiger partial charge in [0.05, 0.1) is 23.4 Å². The monoisotopic (exact) mass is 341 g/mol. The summed E-state index contributed by atoms with van der Waals surface area (Å²) in [4.78, 5) is 35.9. The second kappa shape index (κ2) is 8.63. The van der Waals surface area contributed by atoms with Crippen LogP contribution in [0.25, 0.3) is 0 Å². The Bertz CT molecular complexity index is 785. The normalized spacial score (nSPS) is 10.0. The van der Waals surface area contributed by atoms with Gasteiger partial charge in [0.2, 0.25) is 0 Å². The molecule has 0 radical (unpaired) electrons. The number of ether oxygens (including phenoxy) is 2. The van der Waals surface area contributed by atoms with E-state index >= 15 is 0 Å². The largest absolute Gasteiger partial charge is 0.462 e. The van der Waals surface area contributed by atoms with Crippen molar-refractivity contribution >= 4 is 23.5 Å². The van der Waals surface area contributed by atoms with E-state index in [1.807, 2.05) is 6.07 Å². The lowest BCUT2D eigenvalue weighted by Crippen LogP contribution is -2.22. The molecule has 0 heterocycles. The highest BCUT2D eigenvalue weighted by Gasteiger charge is 2.16. The van der Waals surface area contributed by atoms with Gasteiger partial charge in [-0.1, -0.05) is 30.3 Å². The molecule has 6 heteroatoms. The molecular weight excluding hydrogens is 322 g/mol. The van der Waals surface area contributed by atoms with Crippen molar-refractivity contribution in [2.24, 2.45) is 0 Å². The van der Waals surface area contributed by atoms with Crippen LogP contribution in [-0.2, 0) is 14.3 Å². The van der Waals surface area contributed by atoms with E-state index in [0.717, 1.165) is 5.56 Å². The molecule has 25 heavy (non-hydrogen) atoms. The Labute approximate surface area is 145 Å². The van der Waals surface area contributed by atoms with Crippen LogP contribution in [0.5, 0.6) is 0 Å². The van der Waals surface area contributed by atoms with Crippen LogP contribution in [0.1, 0.15) is 33.2 Å². The van der Waals surface area contributed by atoms with E-state index in [-0.39, 0.29) is 12.2 Å². The highest BCUT2D eigenvalue weighted by atomic mass is 16.5. The van der Waals surface area contributed by atoms with Crippen LogP contribution in [-0.4, -0.2) is 31.1 Å². The number of amides is 1. The Hall–Kier alpha value is -3.15. The van der Waals surface area contributed by atoms with Crippen molar-refractivity contribution in [3.05, 3.63) is 65.2 Å². The van der Waals surface area contributed by atoms with Crippen LogP contribution in [0, 0.1) is 6.92 Å². The van der Waals surface area contributed by atoms with Crippen molar-refractivity contribution in [3.8, 4) is 0 Å². The van der Waals surface area contributed by atoms with Gasteiger partial charge in [0.1, 0.15) is 0 Å². The van der Waals surface area contributed by atoms with Crippen LogP contribution in [0.2, 0.25) is 0 Å². The maximum absolute atomic E-state index is 12.0. The van der Waals surface area contributed by atoms with Gasteiger partial charge in [0.15, 0.2) is 6.61 Å². The highest BCUT2D eigenvalue weighted by molar-refractivity contribution is 6.02. The SMILES string of the molecule is CCOC(=O)c1ccccc1NC(=O)COC(=O)c1ccccc1C. The van der Waals surface area contributed by atoms with Gasteiger partial charge in [-0.2, -0.15) is 0 Å². The fourth-order valence-electron chi connectivity index (χ4n) is 2.18. The highest BCUT2D eigenvalue weighted by Crippen LogP contribution is 2.16. The molecule has 2 aromatic rings. The maximum atomic E-state index is 12.0. The Morgan fingerprint density at radius 3 is 2.16 bits per heavy atom. The van der Waals surface area contributed by atoms with Gasteiger partial charge in [0, 0.05) is 0 Å². The zero-order chi connectivity index (χ0) is 18.2. The molecule has 0 spiro atoms. The summed E-state index contributed by atoms with van der Waals surface area (Å²) < 4.78 is 9.97. The number of anilines is 1. The molecule has 0 aliphatic carbocycles. The van der Waals surface area contributed by atoms with Gasteiger partial charge in [-0.3, -0.25) is 4.79 Å². The van der Waals surface area contributed by atoms with E-state index in [1.165, 1.54) is 0 Å². The number of esters is 2. The average Bonchev–Trinajstić information content (AvgIpc) is 2.60. The molecule has 0 bridgehead atoms. The average molecular weight is 341 g/mol. The third-order valence-electron chi connectivity index (χ3n) is 3.40. The zero-order valence-electron chi connectivity index (χ0n) is 14.1. The second-order valence-corrected chi connectivity index (χ2v) is 5.21. The van der Waals surface area contributed by atoms with Gasteiger partial charge in [0.25, 0.3) is 5.91 Å². The van der Waals surface area contributed by atoms with E-state index in [1.54, 1.807) is 56.3 Å². The van der Waals surface area contributed by atoms with Crippen LogP contribution in [0.3, 0.4) is 0 Å². The first-order valence-electron chi connectivity index (χ1n) is 7.81. The van der Waals surface area contributed by atoms with Crippen molar-refractivity contribution in [1.29, 1.82) is 0 Å². The third kappa shape index (κ3) is 4.91. The summed E-state index contributed by atoms with van der Waals surface area (Å²) in [6.45, 7) is 3.26. The first-order valence-corrected chi connectivity index (χ1v) is 7.81. The second-order valence-electron chi connectivity index (χ2n) is 5.21. The molecule has 130 valence electrons. The number of carbonyl (C=O) groups is 3. The van der Waals surface area contributed by atoms with Crippen molar-refractivity contribution < 1.29 is 23.9 Å². The van der Waals surface area contributed by atoms with Crippen molar-refractivity contribution in [1.82, 2.24) is 0 Å².